The number of carbonyl (C=O) groups is 1. The maximum absolute atomic E-state index is 13.1. The summed E-state index contributed by atoms with van der Waals surface area (Å²) in [5.74, 6) is -0.343. The third-order valence-electron chi connectivity index (χ3n) is 4.25. The maximum Gasteiger partial charge on any atom is 0.254 e. The molecular weight excluding hydrogens is 319 g/mol. The highest BCUT2D eigenvalue weighted by Crippen LogP contribution is 2.23. The minimum atomic E-state index is -0.282. The van der Waals surface area contributed by atoms with Crippen LogP contribution in [0.25, 0.3) is 5.69 Å². The third kappa shape index (κ3) is 3.57. The minimum Gasteiger partial charge on any atom is -0.332 e. The first-order chi connectivity index (χ1) is 12.1. The molecule has 1 atom stereocenters. The summed E-state index contributed by atoms with van der Waals surface area (Å²) in [5, 5.41) is 7.54. The predicted molar refractivity (Wildman–Crippen MR) is 92.9 cm³/mol. The molecule has 0 aliphatic heterocycles. The number of halogens is 1. The van der Waals surface area contributed by atoms with E-state index in [0.717, 1.165) is 11.3 Å². The second-order valence-electron chi connectivity index (χ2n) is 5.73. The van der Waals surface area contributed by atoms with Crippen molar-refractivity contribution in [1.82, 2.24) is 19.7 Å². The first-order valence-corrected chi connectivity index (χ1v) is 8.11. The van der Waals surface area contributed by atoms with E-state index in [9.17, 15) is 9.18 Å². The van der Waals surface area contributed by atoms with Gasteiger partial charge in [0.2, 0.25) is 0 Å². The highest BCUT2D eigenvalue weighted by Gasteiger charge is 2.21. The lowest BCUT2D eigenvalue weighted by molar-refractivity contribution is 0.0702. The fourth-order valence-electron chi connectivity index (χ4n) is 2.79. The molecule has 3 aromatic rings. The number of amides is 1. The van der Waals surface area contributed by atoms with Crippen LogP contribution >= 0.6 is 0 Å². The summed E-state index contributed by atoms with van der Waals surface area (Å²) in [5.41, 5.74) is 2.39. The Morgan fingerprint density at radius 2 is 1.68 bits per heavy atom. The van der Waals surface area contributed by atoms with E-state index in [1.165, 1.54) is 12.1 Å². The Balaban J connectivity index is 1.80. The molecule has 3 rings (SSSR count). The van der Waals surface area contributed by atoms with Crippen LogP contribution in [0.15, 0.2) is 61.2 Å². The van der Waals surface area contributed by atoms with Gasteiger partial charge in [-0.2, -0.15) is 0 Å². The van der Waals surface area contributed by atoms with Gasteiger partial charge in [0.1, 0.15) is 18.5 Å². The van der Waals surface area contributed by atoms with E-state index in [2.05, 4.69) is 10.2 Å². The maximum atomic E-state index is 13.1. The van der Waals surface area contributed by atoms with Gasteiger partial charge in [0.15, 0.2) is 0 Å². The topological polar surface area (TPSA) is 51.0 Å². The molecule has 6 heteroatoms. The van der Waals surface area contributed by atoms with E-state index in [1.54, 1.807) is 46.4 Å². The summed E-state index contributed by atoms with van der Waals surface area (Å²) in [7, 11) is 0. The molecule has 1 amide bonds. The molecule has 1 unspecified atom stereocenters. The number of benzene rings is 2. The van der Waals surface area contributed by atoms with Crippen LogP contribution in [-0.4, -0.2) is 32.1 Å². The van der Waals surface area contributed by atoms with Crippen molar-refractivity contribution in [1.29, 1.82) is 0 Å². The molecule has 0 spiro atoms. The summed E-state index contributed by atoms with van der Waals surface area (Å²) < 4.78 is 14.9. The molecule has 2 aromatic carbocycles. The van der Waals surface area contributed by atoms with Crippen LogP contribution in [0.1, 0.15) is 35.8 Å². The quantitative estimate of drug-likeness (QED) is 0.714. The SMILES string of the molecule is CCN(C(=O)c1ccc(-n2cnnc2)cc1)C(C)c1ccc(F)cc1. The summed E-state index contributed by atoms with van der Waals surface area (Å²) in [6, 6.07) is 13.4. The van der Waals surface area contributed by atoms with Crippen LogP contribution in [0.3, 0.4) is 0 Å². The molecule has 0 saturated carbocycles. The van der Waals surface area contributed by atoms with Gasteiger partial charge in [-0.1, -0.05) is 12.1 Å². The van der Waals surface area contributed by atoms with Gasteiger partial charge in [0, 0.05) is 17.8 Å². The molecular formula is C19H19FN4O. The van der Waals surface area contributed by atoms with Crippen molar-refractivity contribution in [3.8, 4) is 5.69 Å². The second-order valence-corrected chi connectivity index (χ2v) is 5.73. The molecule has 0 fully saturated rings. The van der Waals surface area contributed by atoms with E-state index < -0.39 is 0 Å². The van der Waals surface area contributed by atoms with Crippen molar-refractivity contribution < 1.29 is 9.18 Å². The molecule has 0 N–H and O–H groups in total. The number of aromatic nitrogens is 3. The Morgan fingerprint density at radius 1 is 1.08 bits per heavy atom. The van der Waals surface area contributed by atoms with Gasteiger partial charge >= 0.3 is 0 Å². The molecule has 0 aliphatic rings. The number of hydrogen-bond donors (Lipinski definition) is 0. The Bertz CT molecular complexity index is 829. The van der Waals surface area contributed by atoms with Crippen LogP contribution in [-0.2, 0) is 0 Å². The van der Waals surface area contributed by atoms with Crippen LogP contribution in [0.4, 0.5) is 4.39 Å². The third-order valence-corrected chi connectivity index (χ3v) is 4.25. The fraction of sp³-hybridized carbons (Fsp3) is 0.211. The highest BCUT2D eigenvalue weighted by atomic mass is 19.1. The first kappa shape index (κ1) is 16.8. The predicted octanol–water partition coefficient (Wildman–Crippen LogP) is 3.63. The second kappa shape index (κ2) is 7.25. The Kier molecular flexibility index (Phi) is 4.88. The summed E-state index contributed by atoms with van der Waals surface area (Å²) >= 11 is 0. The number of rotatable bonds is 5. The van der Waals surface area contributed by atoms with Gasteiger partial charge < -0.3 is 4.90 Å². The van der Waals surface area contributed by atoms with Crippen LogP contribution < -0.4 is 0 Å². The molecule has 0 saturated heterocycles. The van der Waals surface area contributed by atoms with E-state index >= 15 is 0 Å². The molecule has 25 heavy (non-hydrogen) atoms. The molecule has 128 valence electrons. The monoisotopic (exact) mass is 338 g/mol. The van der Waals surface area contributed by atoms with Crippen LogP contribution in [0.2, 0.25) is 0 Å². The van der Waals surface area contributed by atoms with Gasteiger partial charge in [-0.25, -0.2) is 4.39 Å². The van der Waals surface area contributed by atoms with E-state index in [-0.39, 0.29) is 17.8 Å². The molecule has 5 nitrogen and oxygen atoms in total. The Labute approximate surface area is 145 Å². The van der Waals surface area contributed by atoms with E-state index in [4.69, 9.17) is 0 Å². The number of carbonyl (C=O) groups excluding carboxylic acids is 1. The van der Waals surface area contributed by atoms with Gasteiger partial charge in [0.05, 0.1) is 6.04 Å². The summed E-state index contributed by atoms with van der Waals surface area (Å²) in [6.45, 7) is 4.44. The van der Waals surface area contributed by atoms with Crippen molar-refractivity contribution in [3.63, 3.8) is 0 Å². The Hall–Kier alpha value is -3.02. The zero-order chi connectivity index (χ0) is 17.8. The zero-order valence-corrected chi connectivity index (χ0v) is 14.1. The Morgan fingerprint density at radius 3 is 2.24 bits per heavy atom. The lowest BCUT2D eigenvalue weighted by Gasteiger charge is -2.28. The molecule has 1 heterocycles. The summed E-state index contributed by atoms with van der Waals surface area (Å²) in [6.07, 6.45) is 3.21. The molecule has 0 bridgehead atoms. The highest BCUT2D eigenvalue weighted by molar-refractivity contribution is 5.94. The van der Waals surface area contributed by atoms with E-state index in [1.807, 2.05) is 26.0 Å². The first-order valence-electron chi connectivity index (χ1n) is 8.11. The summed E-state index contributed by atoms with van der Waals surface area (Å²) in [4.78, 5) is 14.6. The molecule has 0 radical (unpaired) electrons. The zero-order valence-electron chi connectivity index (χ0n) is 14.1. The van der Waals surface area contributed by atoms with Crippen molar-refractivity contribution in [2.24, 2.45) is 0 Å². The fourth-order valence-corrected chi connectivity index (χ4v) is 2.79. The van der Waals surface area contributed by atoms with Crippen molar-refractivity contribution in [2.75, 3.05) is 6.54 Å². The lowest BCUT2D eigenvalue weighted by Crippen LogP contribution is -2.33. The average Bonchev–Trinajstić information content (AvgIpc) is 3.17. The van der Waals surface area contributed by atoms with Crippen molar-refractivity contribution in [3.05, 3.63) is 78.1 Å². The van der Waals surface area contributed by atoms with E-state index in [0.29, 0.717) is 12.1 Å². The van der Waals surface area contributed by atoms with Crippen LogP contribution in [0, 0.1) is 5.82 Å². The van der Waals surface area contributed by atoms with Gasteiger partial charge in [0.25, 0.3) is 5.91 Å². The van der Waals surface area contributed by atoms with Crippen LogP contribution in [0.5, 0.6) is 0 Å². The largest absolute Gasteiger partial charge is 0.332 e. The molecule has 0 aliphatic carbocycles. The standard InChI is InChI=1S/C19H19FN4O/c1-3-24(14(2)15-4-8-17(20)9-5-15)19(25)16-6-10-18(11-7-16)23-12-21-22-13-23/h4-14H,3H2,1-2H3. The lowest BCUT2D eigenvalue weighted by atomic mass is 10.1. The number of nitrogens with zero attached hydrogens (tertiary/aromatic N) is 4. The smallest absolute Gasteiger partial charge is 0.254 e. The van der Waals surface area contributed by atoms with Crippen molar-refractivity contribution in [2.45, 2.75) is 19.9 Å². The minimum absolute atomic E-state index is 0.0605. The molecule has 1 aromatic heterocycles. The normalized spacial score (nSPS) is 12.0. The van der Waals surface area contributed by atoms with Gasteiger partial charge in [-0.15, -0.1) is 10.2 Å². The van der Waals surface area contributed by atoms with Gasteiger partial charge in [-0.05, 0) is 55.8 Å². The number of hydrogen-bond acceptors (Lipinski definition) is 3. The average molecular weight is 338 g/mol. The van der Waals surface area contributed by atoms with Crippen molar-refractivity contribution >= 4 is 5.91 Å². The van der Waals surface area contributed by atoms with Gasteiger partial charge in [-0.3, -0.25) is 9.36 Å².